The Morgan fingerprint density at radius 2 is 1.88 bits per heavy atom. The Hall–Kier alpha value is -2.47. The van der Waals surface area contributed by atoms with Crippen molar-refractivity contribution in [3.63, 3.8) is 0 Å². The minimum atomic E-state index is -0.894. The third-order valence-corrected chi connectivity index (χ3v) is 4.38. The summed E-state index contributed by atoms with van der Waals surface area (Å²) in [4.78, 5) is 25.1. The van der Waals surface area contributed by atoms with Gasteiger partial charge in [-0.25, -0.2) is 0 Å². The summed E-state index contributed by atoms with van der Waals surface area (Å²) in [5, 5.41) is 2.73. The van der Waals surface area contributed by atoms with E-state index in [1.807, 2.05) is 43.3 Å². The van der Waals surface area contributed by atoms with E-state index in [0.29, 0.717) is 11.4 Å². The molecule has 0 saturated carbocycles. The molecule has 0 aliphatic carbocycles. The highest BCUT2D eigenvalue weighted by molar-refractivity contribution is 8.00. The average Bonchev–Trinajstić information content (AvgIpc) is 2.61. The zero-order valence-corrected chi connectivity index (χ0v) is 15.3. The maximum Gasteiger partial charge on any atom is 0.317 e. The zero-order valence-electron chi connectivity index (χ0n) is 14.4. The Morgan fingerprint density at radius 1 is 1.16 bits per heavy atom. The second-order valence-electron chi connectivity index (χ2n) is 5.43. The topological polar surface area (TPSA) is 64.6 Å². The van der Waals surface area contributed by atoms with Gasteiger partial charge in [-0.2, -0.15) is 0 Å². The minimum absolute atomic E-state index is 0.148. The first-order valence-electron chi connectivity index (χ1n) is 7.82. The Balaban J connectivity index is 1.87. The van der Waals surface area contributed by atoms with Gasteiger partial charge in [0.2, 0.25) is 0 Å². The number of carbonyl (C=O) groups is 2. The van der Waals surface area contributed by atoms with Crippen LogP contribution in [-0.2, 0) is 14.3 Å². The molecule has 6 heteroatoms. The Morgan fingerprint density at radius 3 is 2.56 bits per heavy atom. The Bertz CT molecular complexity index is 733. The van der Waals surface area contributed by atoms with Gasteiger partial charge in [-0.15, -0.1) is 11.8 Å². The average molecular weight is 359 g/mol. The van der Waals surface area contributed by atoms with Crippen LogP contribution in [0.4, 0.5) is 5.69 Å². The smallest absolute Gasteiger partial charge is 0.317 e. The molecule has 0 saturated heterocycles. The first kappa shape index (κ1) is 18.9. The van der Waals surface area contributed by atoms with Crippen molar-refractivity contribution >= 4 is 29.3 Å². The van der Waals surface area contributed by atoms with E-state index in [2.05, 4.69) is 5.32 Å². The lowest BCUT2D eigenvalue weighted by molar-refractivity contribution is -0.150. The van der Waals surface area contributed by atoms with Gasteiger partial charge in [0, 0.05) is 4.90 Å². The van der Waals surface area contributed by atoms with Crippen molar-refractivity contribution in [1.82, 2.24) is 0 Å². The molecule has 2 aromatic rings. The van der Waals surface area contributed by atoms with Gasteiger partial charge in [-0.1, -0.05) is 24.3 Å². The van der Waals surface area contributed by atoms with Crippen molar-refractivity contribution in [2.24, 2.45) is 0 Å². The molecule has 0 fully saturated rings. The number of amides is 1. The molecule has 0 radical (unpaired) electrons. The standard InChI is InChI=1S/C19H21NO4S/c1-13-9-10-17(23-3)16(11-13)20-19(22)14(2)24-18(21)12-25-15-7-5-4-6-8-15/h4-11,14H,12H2,1-3H3,(H,20,22). The number of anilines is 1. The Kier molecular flexibility index (Phi) is 6.89. The molecule has 0 bridgehead atoms. The van der Waals surface area contributed by atoms with Gasteiger partial charge in [-0.3, -0.25) is 9.59 Å². The van der Waals surface area contributed by atoms with E-state index in [4.69, 9.17) is 9.47 Å². The van der Waals surface area contributed by atoms with Gasteiger partial charge in [0.1, 0.15) is 5.75 Å². The molecule has 1 N–H and O–H groups in total. The summed E-state index contributed by atoms with van der Waals surface area (Å²) in [6.07, 6.45) is -0.894. The van der Waals surface area contributed by atoms with Gasteiger partial charge < -0.3 is 14.8 Å². The molecule has 2 rings (SSSR count). The van der Waals surface area contributed by atoms with E-state index in [-0.39, 0.29) is 5.75 Å². The third kappa shape index (κ3) is 5.83. The number of benzene rings is 2. The maximum atomic E-state index is 12.3. The fraction of sp³-hybridized carbons (Fsp3) is 0.263. The zero-order chi connectivity index (χ0) is 18.2. The lowest BCUT2D eigenvalue weighted by Crippen LogP contribution is -2.30. The number of carbonyl (C=O) groups excluding carboxylic acids is 2. The molecule has 0 aromatic heterocycles. The molecular weight excluding hydrogens is 338 g/mol. The van der Waals surface area contributed by atoms with Crippen molar-refractivity contribution in [2.75, 3.05) is 18.2 Å². The highest BCUT2D eigenvalue weighted by Gasteiger charge is 2.19. The lowest BCUT2D eigenvalue weighted by atomic mass is 10.2. The number of thioether (sulfide) groups is 1. The Labute approximate surface area is 151 Å². The van der Waals surface area contributed by atoms with Crippen LogP contribution in [0.25, 0.3) is 0 Å². The molecule has 25 heavy (non-hydrogen) atoms. The largest absolute Gasteiger partial charge is 0.495 e. The number of ether oxygens (including phenoxy) is 2. The first-order valence-corrected chi connectivity index (χ1v) is 8.81. The van der Waals surface area contributed by atoms with Crippen LogP contribution < -0.4 is 10.1 Å². The first-order chi connectivity index (χ1) is 12.0. The van der Waals surface area contributed by atoms with Gasteiger partial charge >= 0.3 is 5.97 Å². The van der Waals surface area contributed by atoms with Crippen LogP contribution >= 0.6 is 11.8 Å². The fourth-order valence-corrected chi connectivity index (χ4v) is 2.80. The van der Waals surface area contributed by atoms with Crippen LogP contribution in [0.1, 0.15) is 12.5 Å². The lowest BCUT2D eigenvalue weighted by Gasteiger charge is -2.15. The minimum Gasteiger partial charge on any atom is -0.495 e. The molecule has 1 atom stereocenters. The van der Waals surface area contributed by atoms with Gasteiger partial charge in [0.05, 0.1) is 18.6 Å². The highest BCUT2D eigenvalue weighted by atomic mass is 32.2. The summed E-state index contributed by atoms with van der Waals surface area (Å²) < 4.78 is 10.4. The molecular formula is C19H21NO4S. The van der Waals surface area contributed by atoms with Crippen molar-refractivity contribution in [1.29, 1.82) is 0 Å². The summed E-state index contributed by atoms with van der Waals surface area (Å²) >= 11 is 1.37. The van der Waals surface area contributed by atoms with Crippen LogP contribution in [0.2, 0.25) is 0 Å². The normalized spacial score (nSPS) is 11.5. The molecule has 1 amide bonds. The van der Waals surface area contributed by atoms with Crippen LogP contribution in [0.5, 0.6) is 5.75 Å². The summed E-state index contributed by atoms with van der Waals surface area (Å²) in [5.41, 5.74) is 1.54. The predicted molar refractivity (Wildman–Crippen MR) is 99.1 cm³/mol. The highest BCUT2D eigenvalue weighted by Crippen LogP contribution is 2.25. The maximum absolute atomic E-state index is 12.3. The van der Waals surface area contributed by atoms with E-state index < -0.39 is 18.0 Å². The van der Waals surface area contributed by atoms with Crippen molar-refractivity contribution in [3.05, 3.63) is 54.1 Å². The molecule has 5 nitrogen and oxygen atoms in total. The number of hydrogen-bond acceptors (Lipinski definition) is 5. The number of nitrogens with one attached hydrogen (secondary N) is 1. The van der Waals surface area contributed by atoms with E-state index >= 15 is 0 Å². The van der Waals surface area contributed by atoms with Crippen LogP contribution in [-0.4, -0.2) is 30.8 Å². The van der Waals surface area contributed by atoms with E-state index in [1.54, 1.807) is 19.1 Å². The molecule has 1 unspecified atom stereocenters. The van der Waals surface area contributed by atoms with Crippen molar-refractivity contribution in [3.8, 4) is 5.75 Å². The summed E-state index contributed by atoms with van der Waals surface area (Å²) in [6.45, 7) is 3.46. The number of hydrogen-bond donors (Lipinski definition) is 1. The van der Waals surface area contributed by atoms with Crippen LogP contribution in [0, 0.1) is 6.92 Å². The molecule has 0 aliphatic rings. The van der Waals surface area contributed by atoms with Crippen molar-refractivity contribution in [2.45, 2.75) is 24.8 Å². The number of aryl methyl sites for hydroxylation is 1. The van der Waals surface area contributed by atoms with Gasteiger partial charge in [-0.05, 0) is 43.7 Å². The number of rotatable bonds is 7. The van der Waals surface area contributed by atoms with Gasteiger partial charge in [0.15, 0.2) is 6.10 Å². The number of esters is 1. The van der Waals surface area contributed by atoms with Crippen LogP contribution in [0.15, 0.2) is 53.4 Å². The SMILES string of the molecule is COc1ccc(C)cc1NC(=O)C(C)OC(=O)CSc1ccccc1. The second-order valence-corrected chi connectivity index (χ2v) is 6.48. The molecule has 0 heterocycles. The molecule has 0 spiro atoms. The van der Waals surface area contributed by atoms with E-state index in [1.165, 1.54) is 18.9 Å². The van der Waals surface area contributed by atoms with Gasteiger partial charge in [0.25, 0.3) is 5.91 Å². The van der Waals surface area contributed by atoms with E-state index in [0.717, 1.165) is 10.5 Å². The molecule has 2 aromatic carbocycles. The number of methoxy groups -OCH3 is 1. The molecule has 132 valence electrons. The summed E-state index contributed by atoms with van der Waals surface area (Å²) in [5.74, 6) is -0.137. The third-order valence-electron chi connectivity index (χ3n) is 3.39. The summed E-state index contributed by atoms with van der Waals surface area (Å²) in [6, 6.07) is 15.0. The fourth-order valence-electron chi connectivity index (χ4n) is 2.10. The molecule has 0 aliphatic heterocycles. The quantitative estimate of drug-likeness (QED) is 0.604. The van der Waals surface area contributed by atoms with Crippen molar-refractivity contribution < 1.29 is 19.1 Å². The van der Waals surface area contributed by atoms with Crippen LogP contribution in [0.3, 0.4) is 0 Å². The monoisotopic (exact) mass is 359 g/mol. The summed E-state index contributed by atoms with van der Waals surface area (Å²) in [7, 11) is 1.53. The predicted octanol–water partition coefficient (Wildman–Crippen LogP) is 3.67. The second kappa shape index (κ2) is 9.13. The van der Waals surface area contributed by atoms with E-state index in [9.17, 15) is 9.59 Å².